The molecule has 0 aliphatic rings. The van der Waals surface area contributed by atoms with E-state index in [0.29, 0.717) is 10.2 Å². The van der Waals surface area contributed by atoms with Crippen LogP contribution in [0.1, 0.15) is 29.0 Å². The van der Waals surface area contributed by atoms with Gasteiger partial charge in [-0.25, -0.2) is 0 Å². The summed E-state index contributed by atoms with van der Waals surface area (Å²) in [7, 11) is 0. The standard InChI is InChI=1S/C12H11BrN2O2/c1-8(10-4-2-3-6-14-10)15-12(16)9-5-7-17-11(9)13/h2-8H,1H3,(H,15,16). The van der Waals surface area contributed by atoms with Crippen LogP contribution in [0.2, 0.25) is 0 Å². The minimum Gasteiger partial charge on any atom is -0.457 e. The van der Waals surface area contributed by atoms with Crippen molar-refractivity contribution in [1.29, 1.82) is 0 Å². The van der Waals surface area contributed by atoms with Crippen LogP contribution in [0.4, 0.5) is 0 Å². The number of aromatic nitrogens is 1. The fourth-order valence-corrected chi connectivity index (χ4v) is 1.86. The lowest BCUT2D eigenvalue weighted by Gasteiger charge is -2.12. The molecular weight excluding hydrogens is 284 g/mol. The van der Waals surface area contributed by atoms with Crippen molar-refractivity contribution in [2.45, 2.75) is 13.0 Å². The summed E-state index contributed by atoms with van der Waals surface area (Å²) < 4.78 is 5.45. The Bertz CT molecular complexity index is 510. The van der Waals surface area contributed by atoms with Crippen molar-refractivity contribution >= 4 is 21.8 Å². The third-order valence-corrected chi connectivity index (χ3v) is 2.96. The second-order valence-corrected chi connectivity index (χ2v) is 4.28. The van der Waals surface area contributed by atoms with Crippen molar-refractivity contribution < 1.29 is 9.21 Å². The maximum atomic E-state index is 11.9. The number of furan rings is 1. The number of amides is 1. The summed E-state index contributed by atoms with van der Waals surface area (Å²) in [4.78, 5) is 16.1. The van der Waals surface area contributed by atoms with Gasteiger partial charge in [-0.1, -0.05) is 6.07 Å². The molecule has 4 nitrogen and oxygen atoms in total. The van der Waals surface area contributed by atoms with Gasteiger partial charge in [0, 0.05) is 6.20 Å². The first kappa shape index (κ1) is 11.9. The van der Waals surface area contributed by atoms with Crippen molar-refractivity contribution in [3.63, 3.8) is 0 Å². The number of carbonyl (C=O) groups is 1. The average Bonchev–Trinajstić information content (AvgIpc) is 2.76. The quantitative estimate of drug-likeness (QED) is 0.947. The molecule has 0 radical (unpaired) electrons. The van der Waals surface area contributed by atoms with Gasteiger partial charge in [-0.2, -0.15) is 0 Å². The summed E-state index contributed by atoms with van der Waals surface area (Å²) in [6.45, 7) is 1.88. The van der Waals surface area contributed by atoms with Crippen molar-refractivity contribution in [2.24, 2.45) is 0 Å². The van der Waals surface area contributed by atoms with E-state index in [0.717, 1.165) is 5.69 Å². The smallest absolute Gasteiger partial charge is 0.256 e. The van der Waals surface area contributed by atoms with Crippen LogP contribution in [-0.4, -0.2) is 10.9 Å². The largest absolute Gasteiger partial charge is 0.457 e. The molecule has 2 rings (SSSR count). The van der Waals surface area contributed by atoms with E-state index in [1.807, 2.05) is 25.1 Å². The number of rotatable bonds is 3. The van der Waals surface area contributed by atoms with Gasteiger partial charge in [-0.3, -0.25) is 9.78 Å². The predicted molar refractivity (Wildman–Crippen MR) is 66.5 cm³/mol. The van der Waals surface area contributed by atoms with E-state index in [-0.39, 0.29) is 11.9 Å². The minimum atomic E-state index is -0.191. The average molecular weight is 295 g/mol. The minimum absolute atomic E-state index is 0.148. The van der Waals surface area contributed by atoms with Crippen LogP contribution in [-0.2, 0) is 0 Å². The second-order valence-electron chi connectivity index (χ2n) is 3.56. The molecule has 1 N–H and O–H groups in total. The lowest BCUT2D eigenvalue weighted by atomic mass is 10.2. The Morgan fingerprint density at radius 3 is 2.88 bits per heavy atom. The number of carbonyl (C=O) groups excluding carboxylic acids is 1. The number of nitrogens with zero attached hydrogens (tertiary/aromatic N) is 1. The monoisotopic (exact) mass is 294 g/mol. The zero-order chi connectivity index (χ0) is 12.3. The molecule has 0 aromatic carbocycles. The molecule has 1 atom stereocenters. The fourth-order valence-electron chi connectivity index (χ4n) is 1.44. The van der Waals surface area contributed by atoms with Crippen molar-refractivity contribution in [1.82, 2.24) is 10.3 Å². The summed E-state index contributed by atoms with van der Waals surface area (Å²) in [5.41, 5.74) is 1.30. The molecule has 0 saturated carbocycles. The van der Waals surface area contributed by atoms with E-state index in [1.54, 1.807) is 12.3 Å². The van der Waals surface area contributed by atoms with Gasteiger partial charge in [0.05, 0.1) is 23.6 Å². The lowest BCUT2D eigenvalue weighted by Crippen LogP contribution is -2.27. The van der Waals surface area contributed by atoms with Gasteiger partial charge in [0.2, 0.25) is 0 Å². The van der Waals surface area contributed by atoms with Crippen molar-refractivity contribution in [3.8, 4) is 0 Å². The van der Waals surface area contributed by atoms with E-state index in [4.69, 9.17) is 4.42 Å². The van der Waals surface area contributed by atoms with Gasteiger partial charge in [-0.15, -0.1) is 0 Å². The normalized spacial score (nSPS) is 12.1. The Morgan fingerprint density at radius 1 is 1.47 bits per heavy atom. The molecule has 0 aliphatic heterocycles. The highest BCUT2D eigenvalue weighted by Crippen LogP contribution is 2.18. The van der Waals surface area contributed by atoms with E-state index in [9.17, 15) is 4.79 Å². The summed E-state index contributed by atoms with van der Waals surface area (Å²) >= 11 is 3.17. The van der Waals surface area contributed by atoms with Crippen LogP contribution in [0.25, 0.3) is 0 Å². The summed E-state index contributed by atoms with van der Waals surface area (Å²) in [5, 5.41) is 2.85. The highest BCUT2D eigenvalue weighted by molar-refractivity contribution is 9.10. The topological polar surface area (TPSA) is 55.1 Å². The third kappa shape index (κ3) is 2.74. The fraction of sp³-hybridized carbons (Fsp3) is 0.167. The molecule has 17 heavy (non-hydrogen) atoms. The van der Waals surface area contributed by atoms with Gasteiger partial charge >= 0.3 is 0 Å². The SMILES string of the molecule is CC(NC(=O)c1ccoc1Br)c1ccccn1. The van der Waals surface area contributed by atoms with E-state index >= 15 is 0 Å². The summed E-state index contributed by atoms with van der Waals surface area (Å²) in [6.07, 6.45) is 3.16. The number of pyridine rings is 1. The van der Waals surface area contributed by atoms with Crippen LogP contribution in [0.5, 0.6) is 0 Å². The summed E-state index contributed by atoms with van der Waals surface area (Å²) in [6, 6.07) is 7.06. The molecule has 5 heteroatoms. The van der Waals surface area contributed by atoms with Gasteiger partial charge in [-0.05, 0) is 41.1 Å². The number of halogens is 1. The first-order valence-electron chi connectivity index (χ1n) is 5.13. The van der Waals surface area contributed by atoms with Crippen LogP contribution in [0, 0.1) is 0 Å². The predicted octanol–water partition coefficient (Wildman–Crippen LogP) is 2.93. The zero-order valence-electron chi connectivity index (χ0n) is 9.18. The molecule has 2 heterocycles. The van der Waals surface area contributed by atoms with Gasteiger partial charge in [0.15, 0.2) is 4.67 Å². The Kier molecular flexibility index (Phi) is 3.58. The van der Waals surface area contributed by atoms with Crippen LogP contribution < -0.4 is 5.32 Å². The van der Waals surface area contributed by atoms with E-state index in [2.05, 4.69) is 26.2 Å². The number of hydrogen-bond acceptors (Lipinski definition) is 3. The van der Waals surface area contributed by atoms with Gasteiger partial charge < -0.3 is 9.73 Å². The highest BCUT2D eigenvalue weighted by atomic mass is 79.9. The molecule has 88 valence electrons. The lowest BCUT2D eigenvalue weighted by molar-refractivity contribution is 0.0937. The molecule has 2 aromatic heterocycles. The van der Waals surface area contributed by atoms with Crippen LogP contribution in [0.3, 0.4) is 0 Å². The summed E-state index contributed by atoms with van der Waals surface area (Å²) in [5.74, 6) is -0.191. The Labute approximate surface area is 107 Å². The van der Waals surface area contributed by atoms with Crippen molar-refractivity contribution in [2.75, 3.05) is 0 Å². The molecule has 1 amide bonds. The molecule has 0 spiro atoms. The van der Waals surface area contributed by atoms with Gasteiger partial charge in [0.1, 0.15) is 0 Å². The van der Waals surface area contributed by atoms with E-state index in [1.165, 1.54) is 6.26 Å². The molecular formula is C12H11BrN2O2. The zero-order valence-corrected chi connectivity index (χ0v) is 10.8. The molecule has 1 unspecified atom stereocenters. The molecule has 2 aromatic rings. The van der Waals surface area contributed by atoms with Crippen molar-refractivity contribution in [3.05, 3.63) is 52.7 Å². The second kappa shape index (κ2) is 5.14. The third-order valence-electron chi connectivity index (χ3n) is 2.34. The first-order valence-corrected chi connectivity index (χ1v) is 5.92. The molecule has 0 bridgehead atoms. The number of nitrogens with one attached hydrogen (secondary N) is 1. The van der Waals surface area contributed by atoms with Crippen LogP contribution in [0.15, 0.2) is 45.8 Å². The Balaban J connectivity index is 2.08. The molecule has 0 aliphatic carbocycles. The first-order chi connectivity index (χ1) is 8.18. The van der Waals surface area contributed by atoms with Crippen LogP contribution >= 0.6 is 15.9 Å². The highest BCUT2D eigenvalue weighted by Gasteiger charge is 2.16. The van der Waals surface area contributed by atoms with E-state index < -0.39 is 0 Å². The molecule has 0 saturated heterocycles. The maximum Gasteiger partial charge on any atom is 0.256 e. The Hall–Kier alpha value is -1.62. The number of hydrogen-bond donors (Lipinski definition) is 1. The molecule has 0 fully saturated rings. The van der Waals surface area contributed by atoms with Gasteiger partial charge in [0.25, 0.3) is 5.91 Å². The maximum absolute atomic E-state index is 11.9. The Morgan fingerprint density at radius 2 is 2.29 bits per heavy atom.